The van der Waals surface area contributed by atoms with Gasteiger partial charge in [-0.05, 0) is 12.1 Å². The second-order valence-corrected chi connectivity index (χ2v) is 4.84. The van der Waals surface area contributed by atoms with Gasteiger partial charge in [0.25, 0.3) is 0 Å². The number of nitrogens with two attached hydrogens (primary N) is 1. The van der Waals surface area contributed by atoms with Crippen LogP contribution >= 0.6 is 0 Å². The molecule has 19 heavy (non-hydrogen) atoms. The molecular weight excluding hydrogens is 270 g/mol. The van der Waals surface area contributed by atoms with Crippen molar-refractivity contribution in [3.8, 4) is 11.5 Å². The van der Waals surface area contributed by atoms with Gasteiger partial charge in [0.2, 0.25) is 0 Å². The fourth-order valence-electron chi connectivity index (χ4n) is 0.714. The van der Waals surface area contributed by atoms with Gasteiger partial charge in [0.05, 0.1) is 32.3 Å². The molecule has 0 amide bonds. The number of ether oxygens (including phenoxy) is 1. The largest absolute Gasteiger partial charge is 0.617 e. The fraction of sp³-hybridized carbons (Fsp3) is 0.500. The molecule has 0 aromatic heterocycles. The summed E-state index contributed by atoms with van der Waals surface area (Å²) in [4.78, 5) is 0. The zero-order valence-corrected chi connectivity index (χ0v) is 12.1. The summed E-state index contributed by atoms with van der Waals surface area (Å²) in [6.45, 7) is 1.55. The van der Waals surface area contributed by atoms with Crippen LogP contribution in [0, 0.1) is 0 Å². The highest BCUT2D eigenvalue weighted by Crippen LogP contribution is 2.21. The molecule has 7 heteroatoms. The van der Waals surface area contributed by atoms with Crippen molar-refractivity contribution in [1.82, 2.24) is 0 Å². The number of hydrogen-bond donors (Lipinski definition) is 4. The van der Waals surface area contributed by atoms with Crippen LogP contribution in [0.25, 0.3) is 0 Å². The average molecular weight is 293 g/mol. The summed E-state index contributed by atoms with van der Waals surface area (Å²) in [5.41, 5.74) is 5.06. The normalized spacial score (nSPS) is 9.16. The monoisotopic (exact) mass is 293 g/mol. The molecule has 0 saturated heterocycles. The third-order valence-electron chi connectivity index (χ3n) is 1.38. The lowest BCUT2D eigenvalue weighted by atomic mass is 10.3. The first kappa shape index (κ1) is 20.3. The van der Waals surface area contributed by atoms with Crippen molar-refractivity contribution in [1.29, 1.82) is 0 Å². The van der Waals surface area contributed by atoms with Gasteiger partial charge in [-0.1, -0.05) is 23.3 Å². The molecule has 1 aromatic rings. The maximum atomic E-state index is 9.56. The topological polar surface area (TPSA) is 119 Å². The number of phenolic OH excluding ortho intramolecular Hbond substituents is 2. The van der Waals surface area contributed by atoms with Crippen LogP contribution in [0.1, 0.15) is 0 Å². The Bertz CT molecular complexity index is 271. The third-order valence-corrected chi connectivity index (χ3v) is 1.38. The molecular formula is C12H23NO5S. The van der Waals surface area contributed by atoms with Crippen LogP contribution in [0.2, 0.25) is 0 Å². The SMILES string of the molecule is C[S+](C)[O-].NCCOCCO.Oc1ccccc1O. The van der Waals surface area contributed by atoms with Gasteiger partial charge in [0.15, 0.2) is 11.5 Å². The van der Waals surface area contributed by atoms with Crippen molar-refractivity contribution in [2.75, 3.05) is 38.9 Å². The average Bonchev–Trinajstić information content (AvgIpc) is 2.34. The standard InChI is InChI=1S/C6H6O2.C4H11NO2.C2H6OS/c7-5-3-1-2-4-6(5)8;5-1-3-7-4-2-6;1-4(2)3/h1-4,7-8H;6H,1-5H2;1-2H3. The minimum Gasteiger partial charge on any atom is -0.617 e. The van der Waals surface area contributed by atoms with Crippen LogP contribution in [0.5, 0.6) is 11.5 Å². The van der Waals surface area contributed by atoms with Crippen molar-refractivity contribution in [3.05, 3.63) is 24.3 Å². The Morgan fingerprint density at radius 1 is 1.16 bits per heavy atom. The molecule has 0 aliphatic rings. The number of benzene rings is 1. The van der Waals surface area contributed by atoms with Crippen molar-refractivity contribution in [2.45, 2.75) is 0 Å². The molecule has 0 aliphatic carbocycles. The van der Waals surface area contributed by atoms with Gasteiger partial charge in [-0.2, -0.15) is 0 Å². The van der Waals surface area contributed by atoms with Crippen LogP contribution in [-0.2, 0) is 15.9 Å². The van der Waals surface area contributed by atoms with Crippen molar-refractivity contribution in [3.63, 3.8) is 0 Å². The van der Waals surface area contributed by atoms with E-state index < -0.39 is 11.2 Å². The lowest BCUT2D eigenvalue weighted by molar-refractivity contribution is 0.0976. The molecule has 0 atom stereocenters. The highest BCUT2D eigenvalue weighted by molar-refractivity contribution is 7.89. The molecule has 1 aromatic carbocycles. The lowest BCUT2D eigenvalue weighted by Gasteiger charge is -1.95. The molecule has 0 unspecified atom stereocenters. The van der Waals surface area contributed by atoms with Crippen LogP contribution in [0.15, 0.2) is 24.3 Å². The van der Waals surface area contributed by atoms with Gasteiger partial charge in [-0.3, -0.25) is 0 Å². The van der Waals surface area contributed by atoms with Gasteiger partial charge in [-0.15, -0.1) is 0 Å². The Morgan fingerprint density at radius 3 is 1.84 bits per heavy atom. The summed E-state index contributed by atoms with van der Waals surface area (Å²) in [6.07, 6.45) is 3.28. The molecule has 0 radical (unpaired) electrons. The van der Waals surface area contributed by atoms with E-state index in [0.717, 1.165) is 0 Å². The third kappa shape index (κ3) is 19.5. The van der Waals surface area contributed by atoms with Crippen molar-refractivity contribution in [2.24, 2.45) is 5.73 Å². The maximum Gasteiger partial charge on any atom is 0.157 e. The number of aliphatic hydroxyl groups excluding tert-OH is 1. The molecule has 6 nitrogen and oxygen atoms in total. The van der Waals surface area contributed by atoms with E-state index in [0.29, 0.717) is 19.8 Å². The molecule has 0 aliphatic heterocycles. The van der Waals surface area contributed by atoms with Crippen molar-refractivity contribution >= 4 is 11.2 Å². The Labute approximate surface area is 117 Å². The molecule has 0 saturated carbocycles. The van der Waals surface area contributed by atoms with Crippen LogP contribution in [-0.4, -0.2) is 58.7 Å². The minimum absolute atomic E-state index is 0.0764. The first-order valence-electron chi connectivity index (χ1n) is 5.56. The molecule has 5 N–H and O–H groups in total. The smallest absolute Gasteiger partial charge is 0.157 e. The summed E-state index contributed by atoms with van der Waals surface area (Å²) in [5.74, 6) is -0.153. The van der Waals surface area contributed by atoms with Gasteiger partial charge in [0.1, 0.15) is 0 Å². The molecule has 0 spiro atoms. The van der Waals surface area contributed by atoms with E-state index in [4.69, 9.17) is 25.8 Å². The fourth-order valence-corrected chi connectivity index (χ4v) is 0.714. The number of phenols is 2. The van der Waals surface area contributed by atoms with Gasteiger partial charge >= 0.3 is 0 Å². The minimum atomic E-state index is -0.611. The Kier molecular flexibility index (Phi) is 16.1. The van der Waals surface area contributed by atoms with Gasteiger partial charge in [-0.25, -0.2) is 0 Å². The zero-order chi connectivity index (χ0) is 15.1. The molecule has 0 fully saturated rings. The number of para-hydroxylation sites is 2. The summed E-state index contributed by atoms with van der Waals surface area (Å²) in [7, 11) is 0. The lowest BCUT2D eigenvalue weighted by Crippen LogP contribution is -2.10. The van der Waals surface area contributed by atoms with Crippen LogP contribution in [0.4, 0.5) is 0 Å². The van der Waals surface area contributed by atoms with E-state index in [9.17, 15) is 4.55 Å². The molecule has 1 rings (SSSR count). The Morgan fingerprint density at radius 2 is 1.58 bits per heavy atom. The molecule has 0 bridgehead atoms. The highest BCUT2D eigenvalue weighted by atomic mass is 32.2. The van der Waals surface area contributed by atoms with E-state index in [1.165, 1.54) is 12.1 Å². The van der Waals surface area contributed by atoms with E-state index in [1.54, 1.807) is 24.6 Å². The van der Waals surface area contributed by atoms with E-state index in [-0.39, 0.29) is 18.1 Å². The predicted molar refractivity (Wildman–Crippen MR) is 76.7 cm³/mol. The maximum absolute atomic E-state index is 9.56. The highest BCUT2D eigenvalue weighted by Gasteiger charge is 1.90. The second kappa shape index (κ2) is 15.1. The number of aromatic hydroxyl groups is 2. The summed E-state index contributed by atoms with van der Waals surface area (Å²) >= 11 is -0.611. The van der Waals surface area contributed by atoms with Crippen molar-refractivity contribution < 1.29 is 24.6 Å². The number of aliphatic hydroxyl groups is 1. The zero-order valence-electron chi connectivity index (χ0n) is 11.3. The van der Waals surface area contributed by atoms with Gasteiger partial charge < -0.3 is 30.3 Å². The summed E-state index contributed by atoms with van der Waals surface area (Å²) < 4.78 is 14.3. The second-order valence-electron chi connectivity index (χ2n) is 3.35. The Hall–Kier alpha value is -0.990. The summed E-state index contributed by atoms with van der Waals surface area (Å²) in [6, 6.07) is 6.15. The Balaban J connectivity index is 0. The van der Waals surface area contributed by atoms with E-state index in [1.807, 2.05) is 0 Å². The quantitative estimate of drug-likeness (QED) is 0.354. The predicted octanol–water partition coefficient (Wildman–Crippen LogP) is 0.0465. The summed E-state index contributed by atoms with van der Waals surface area (Å²) in [5, 5.41) is 25.5. The van der Waals surface area contributed by atoms with Crippen LogP contribution < -0.4 is 5.73 Å². The van der Waals surface area contributed by atoms with E-state index >= 15 is 0 Å². The van der Waals surface area contributed by atoms with Gasteiger partial charge in [0, 0.05) is 6.54 Å². The first-order valence-corrected chi connectivity index (χ1v) is 7.53. The number of rotatable bonds is 4. The van der Waals surface area contributed by atoms with Crippen LogP contribution in [0.3, 0.4) is 0 Å². The number of hydrogen-bond acceptors (Lipinski definition) is 6. The molecule has 0 heterocycles. The first-order chi connectivity index (χ1) is 8.95. The molecule has 112 valence electrons. The van der Waals surface area contributed by atoms with E-state index in [2.05, 4.69) is 0 Å².